The lowest BCUT2D eigenvalue weighted by Crippen LogP contribution is -2.51. The van der Waals surface area contributed by atoms with Crippen molar-refractivity contribution in [1.29, 1.82) is 0 Å². The van der Waals surface area contributed by atoms with Gasteiger partial charge in [0.2, 0.25) is 10.0 Å². The number of nitrogens with zero attached hydrogens (tertiary/aromatic N) is 1. The molecule has 1 heterocycles. The van der Waals surface area contributed by atoms with Crippen molar-refractivity contribution in [3.05, 3.63) is 60.2 Å². The average molecular weight is 551 g/mol. The van der Waals surface area contributed by atoms with Crippen molar-refractivity contribution < 1.29 is 37.6 Å². The Kier molecular flexibility index (Phi) is 10.5. The van der Waals surface area contributed by atoms with Gasteiger partial charge < -0.3 is 29.7 Å². The summed E-state index contributed by atoms with van der Waals surface area (Å²) in [5.74, 6) is -0.276. The number of aliphatic hydroxyl groups excluding tert-OH is 1. The van der Waals surface area contributed by atoms with Gasteiger partial charge in [0, 0.05) is 19.5 Å². The number of carboxylic acid groups (broad SMARTS) is 1. The molecule has 11 heteroatoms. The van der Waals surface area contributed by atoms with Gasteiger partial charge in [-0.25, -0.2) is 13.2 Å². The van der Waals surface area contributed by atoms with Gasteiger partial charge >= 0.3 is 6.09 Å². The molecule has 10 nitrogen and oxygen atoms in total. The van der Waals surface area contributed by atoms with Crippen molar-refractivity contribution in [2.24, 2.45) is 5.92 Å². The maximum Gasteiger partial charge on any atom is 0.404 e. The largest absolute Gasteiger partial charge is 0.497 e. The van der Waals surface area contributed by atoms with E-state index in [9.17, 15) is 23.4 Å². The summed E-state index contributed by atoms with van der Waals surface area (Å²) in [5, 5.41) is 22.9. The van der Waals surface area contributed by atoms with E-state index in [2.05, 4.69) is 5.32 Å². The Morgan fingerprint density at radius 3 is 2.32 bits per heavy atom. The van der Waals surface area contributed by atoms with Crippen molar-refractivity contribution in [3.63, 3.8) is 0 Å². The molecule has 1 unspecified atom stereocenters. The van der Waals surface area contributed by atoms with E-state index in [1.54, 1.807) is 12.1 Å². The first kappa shape index (κ1) is 29.9. The normalized spacial score (nSPS) is 17.6. The molecule has 1 amide bonds. The summed E-state index contributed by atoms with van der Waals surface area (Å²) in [6.45, 7) is 4.67. The molecule has 0 spiro atoms. The molecular weight excluding hydrogens is 512 g/mol. The molecule has 3 atom stereocenters. The van der Waals surface area contributed by atoms with E-state index in [0.717, 1.165) is 5.56 Å². The summed E-state index contributed by atoms with van der Waals surface area (Å²) in [6, 6.07) is 14.2. The molecule has 38 heavy (non-hydrogen) atoms. The summed E-state index contributed by atoms with van der Waals surface area (Å²) in [6.07, 6.45) is -1.18. The predicted molar refractivity (Wildman–Crippen MR) is 142 cm³/mol. The van der Waals surface area contributed by atoms with Crippen LogP contribution in [0.25, 0.3) is 0 Å². The number of benzene rings is 2. The number of amides is 1. The maximum absolute atomic E-state index is 13.7. The van der Waals surface area contributed by atoms with Crippen LogP contribution in [-0.4, -0.2) is 80.4 Å². The number of aliphatic hydroxyl groups is 1. The van der Waals surface area contributed by atoms with E-state index >= 15 is 0 Å². The standard InChI is InChI=1S/C27H38N2O8S/c1-20(13-14-27(2)36-15-16-37-27)18-29(38(33,34)23-11-9-22(35-3)10-12-23)19-25(30)24(28-26(31)32)17-21-7-5-4-6-8-21/h4-12,20,24-25,28,30H,13-19H2,1-3H3,(H,31,32)/t20?,24-,25+/m0/s1. The minimum absolute atomic E-state index is 0.0536. The van der Waals surface area contributed by atoms with Crippen LogP contribution in [0.3, 0.4) is 0 Å². The molecule has 1 fully saturated rings. The molecule has 1 aliphatic heterocycles. The first-order chi connectivity index (χ1) is 18.0. The third kappa shape index (κ3) is 8.40. The number of hydrogen-bond donors (Lipinski definition) is 3. The Morgan fingerprint density at radius 2 is 1.74 bits per heavy atom. The molecule has 3 rings (SSSR count). The van der Waals surface area contributed by atoms with Crippen LogP contribution in [0.5, 0.6) is 5.75 Å². The predicted octanol–water partition coefficient (Wildman–Crippen LogP) is 3.11. The smallest absolute Gasteiger partial charge is 0.404 e. The molecule has 1 saturated heterocycles. The van der Waals surface area contributed by atoms with Gasteiger partial charge in [-0.3, -0.25) is 0 Å². The third-order valence-electron chi connectivity index (χ3n) is 6.66. The second-order valence-electron chi connectivity index (χ2n) is 9.79. The minimum atomic E-state index is -4.02. The molecule has 2 aromatic carbocycles. The molecule has 0 aromatic heterocycles. The van der Waals surface area contributed by atoms with Crippen LogP contribution in [0.2, 0.25) is 0 Å². The number of ether oxygens (including phenoxy) is 3. The maximum atomic E-state index is 13.7. The van der Waals surface area contributed by atoms with Crippen LogP contribution in [0, 0.1) is 5.92 Å². The molecule has 1 aliphatic rings. The molecule has 0 saturated carbocycles. The van der Waals surface area contributed by atoms with Crippen molar-refractivity contribution in [2.75, 3.05) is 33.4 Å². The molecule has 0 bridgehead atoms. The van der Waals surface area contributed by atoms with E-state index < -0.39 is 34.0 Å². The lowest BCUT2D eigenvalue weighted by atomic mass is 10.00. The molecular formula is C27H38N2O8S. The number of rotatable bonds is 14. The highest BCUT2D eigenvalue weighted by Gasteiger charge is 2.34. The SMILES string of the molecule is COc1ccc(S(=O)(=O)N(CC(C)CCC2(C)OCCO2)C[C@@H](O)[C@H](Cc2ccccc2)NC(=O)O)cc1. The molecule has 2 aromatic rings. The highest BCUT2D eigenvalue weighted by Crippen LogP contribution is 2.28. The summed E-state index contributed by atoms with van der Waals surface area (Å²) in [5.41, 5.74) is 0.813. The van der Waals surface area contributed by atoms with Gasteiger partial charge in [-0.1, -0.05) is 37.3 Å². The average Bonchev–Trinajstić information content (AvgIpc) is 3.33. The Hall–Kier alpha value is -2.70. The molecule has 210 valence electrons. The summed E-state index contributed by atoms with van der Waals surface area (Å²) >= 11 is 0. The molecule has 0 aliphatic carbocycles. The van der Waals surface area contributed by atoms with E-state index in [0.29, 0.717) is 31.8 Å². The van der Waals surface area contributed by atoms with Crippen LogP contribution in [-0.2, 0) is 25.9 Å². The summed E-state index contributed by atoms with van der Waals surface area (Å²) < 4.78 is 45.2. The van der Waals surface area contributed by atoms with Crippen LogP contribution < -0.4 is 10.1 Å². The Bertz CT molecular complexity index is 1120. The first-order valence-electron chi connectivity index (χ1n) is 12.7. The lowest BCUT2D eigenvalue weighted by Gasteiger charge is -2.31. The van der Waals surface area contributed by atoms with E-state index in [-0.39, 0.29) is 30.3 Å². The number of methoxy groups -OCH3 is 1. The van der Waals surface area contributed by atoms with Crippen LogP contribution in [0.15, 0.2) is 59.5 Å². The fraction of sp³-hybridized carbons (Fsp3) is 0.519. The van der Waals surface area contributed by atoms with Gasteiger partial charge in [0.25, 0.3) is 0 Å². The van der Waals surface area contributed by atoms with Gasteiger partial charge in [-0.05, 0) is 55.5 Å². The quantitative estimate of drug-likeness (QED) is 0.327. The van der Waals surface area contributed by atoms with Gasteiger partial charge in [0.1, 0.15) is 5.75 Å². The Balaban J connectivity index is 1.82. The van der Waals surface area contributed by atoms with E-state index in [4.69, 9.17) is 14.2 Å². The second-order valence-corrected chi connectivity index (χ2v) is 11.7. The monoisotopic (exact) mass is 550 g/mol. The van der Waals surface area contributed by atoms with Crippen molar-refractivity contribution in [3.8, 4) is 5.75 Å². The lowest BCUT2D eigenvalue weighted by molar-refractivity contribution is -0.149. The summed E-state index contributed by atoms with van der Waals surface area (Å²) in [7, 11) is -2.53. The second kappa shape index (κ2) is 13.4. The van der Waals surface area contributed by atoms with Crippen LogP contribution >= 0.6 is 0 Å². The zero-order valence-electron chi connectivity index (χ0n) is 22.1. The number of carbonyl (C=O) groups is 1. The highest BCUT2D eigenvalue weighted by molar-refractivity contribution is 7.89. The zero-order valence-corrected chi connectivity index (χ0v) is 22.9. The Morgan fingerprint density at radius 1 is 1.11 bits per heavy atom. The first-order valence-corrected chi connectivity index (χ1v) is 14.1. The topological polar surface area (TPSA) is 135 Å². The van der Waals surface area contributed by atoms with Gasteiger partial charge in [0.15, 0.2) is 5.79 Å². The minimum Gasteiger partial charge on any atom is -0.497 e. The van der Waals surface area contributed by atoms with Crippen LogP contribution in [0.4, 0.5) is 4.79 Å². The fourth-order valence-electron chi connectivity index (χ4n) is 4.46. The van der Waals surface area contributed by atoms with E-state index in [1.807, 2.05) is 44.2 Å². The molecule has 3 N–H and O–H groups in total. The van der Waals surface area contributed by atoms with Gasteiger partial charge in [0.05, 0.1) is 37.4 Å². The fourth-order valence-corrected chi connectivity index (χ4v) is 6.04. The van der Waals surface area contributed by atoms with Crippen LogP contribution in [0.1, 0.15) is 32.3 Å². The zero-order chi connectivity index (χ0) is 27.8. The Labute approximate surface area is 224 Å². The molecule has 0 radical (unpaired) electrons. The van der Waals surface area contributed by atoms with Crippen molar-refractivity contribution in [1.82, 2.24) is 9.62 Å². The van der Waals surface area contributed by atoms with Gasteiger partial charge in [-0.15, -0.1) is 0 Å². The number of nitrogens with one attached hydrogen (secondary N) is 1. The highest BCUT2D eigenvalue weighted by atomic mass is 32.2. The van der Waals surface area contributed by atoms with Crippen molar-refractivity contribution >= 4 is 16.1 Å². The third-order valence-corrected chi connectivity index (χ3v) is 8.51. The van der Waals surface area contributed by atoms with E-state index in [1.165, 1.54) is 23.5 Å². The number of sulfonamides is 1. The summed E-state index contributed by atoms with van der Waals surface area (Å²) in [4.78, 5) is 11.6. The van der Waals surface area contributed by atoms with Crippen molar-refractivity contribution in [2.45, 2.75) is 55.9 Å². The number of hydrogen-bond acceptors (Lipinski definition) is 7. The van der Waals surface area contributed by atoms with Gasteiger partial charge in [-0.2, -0.15) is 4.31 Å².